The number of carboxylic acid groups (broad SMARTS) is 1. The van der Waals surface area contributed by atoms with Gasteiger partial charge in [0.15, 0.2) is 0 Å². The molecule has 1 N–H and O–H groups in total. The average molecular weight is 312 g/mol. The second-order valence-electron chi connectivity index (χ2n) is 4.77. The van der Waals surface area contributed by atoms with E-state index in [0.29, 0.717) is 17.3 Å². The number of carbonyl (C=O) groups is 1. The Morgan fingerprint density at radius 3 is 2.94 bits per heavy atom. The summed E-state index contributed by atoms with van der Waals surface area (Å²) in [6.07, 6.45) is 1.83. The predicted octanol–water partition coefficient (Wildman–Crippen LogP) is 3.64. The van der Waals surface area contributed by atoms with Crippen molar-refractivity contribution in [2.24, 2.45) is 10.9 Å². The lowest BCUT2D eigenvalue weighted by Gasteiger charge is -2.25. The fourth-order valence-corrected chi connectivity index (χ4v) is 3.43. The van der Waals surface area contributed by atoms with Crippen molar-refractivity contribution < 1.29 is 14.3 Å². The van der Waals surface area contributed by atoms with Crippen LogP contribution in [0.25, 0.3) is 0 Å². The first-order valence-electron chi connectivity index (χ1n) is 5.86. The van der Waals surface area contributed by atoms with Crippen molar-refractivity contribution in [3.63, 3.8) is 0 Å². The fraction of sp³-hybridized carbons (Fsp3) is 0.385. The van der Waals surface area contributed by atoms with E-state index in [1.807, 2.05) is 0 Å². The monoisotopic (exact) mass is 311 g/mol. The number of carboxylic acids is 1. The van der Waals surface area contributed by atoms with Gasteiger partial charge in [-0.25, -0.2) is 4.39 Å². The normalized spacial score (nSPS) is 25.3. The Bertz CT molecular complexity index is 570. The minimum Gasteiger partial charge on any atom is -0.481 e. The van der Waals surface area contributed by atoms with E-state index in [-0.39, 0.29) is 17.7 Å². The van der Waals surface area contributed by atoms with E-state index >= 15 is 0 Å². The maximum atomic E-state index is 13.5. The molecule has 1 aliphatic carbocycles. The lowest BCUT2D eigenvalue weighted by molar-refractivity contribution is -0.141. The molecule has 1 heterocycles. The molecule has 3 rings (SSSR count). The Balaban J connectivity index is 1.99. The Kier molecular flexibility index (Phi) is 2.73. The molecule has 0 spiro atoms. The largest absolute Gasteiger partial charge is 0.481 e. The number of hydrogen-bond donors (Lipinski definition) is 1. The highest BCUT2D eigenvalue weighted by Crippen LogP contribution is 2.47. The molecule has 0 bridgehead atoms. The van der Waals surface area contributed by atoms with E-state index < -0.39 is 5.97 Å². The molecule has 1 aromatic rings. The van der Waals surface area contributed by atoms with E-state index in [2.05, 4.69) is 20.9 Å². The summed E-state index contributed by atoms with van der Waals surface area (Å²) in [7, 11) is 0. The molecule has 18 heavy (non-hydrogen) atoms. The van der Waals surface area contributed by atoms with Crippen molar-refractivity contribution in [1.29, 1.82) is 0 Å². The van der Waals surface area contributed by atoms with Gasteiger partial charge in [0.05, 0.1) is 16.1 Å². The minimum absolute atomic E-state index is 0.0840. The van der Waals surface area contributed by atoms with Crippen LogP contribution in [0.2, 0.25) is 0 Å². The SMILES string of the molecule is O=C(O)C1CCC2C(=Nc3ccc(F)c(Br)c32)C1. The molecule has 2 atom stereocenters. The van der Waals surface area contributed by atoms with E-state index in [0.717, 1.165) is 23.4 Å². The smallest absolute Gasteiger partial charge is 0.306 e. The van der Waals surface area contributed by atoms with Crippen LogP contribution in [0.5, 0.6) is 0 Å². The lowest BCUT2D eigenvalue weighted by atomic mass is 9.78. The zero-order valence-electron chi connectivity index (χ0n) is 9.49. The molecule has 5 heteroatoms. The van der Waals surface area contributed by atoms with Gasteiger partial charge in [-0.1, -0.05) is 0 Å². The molecule has 1 fully saturated rings. The van der Waals surface area contributed by atoms with E-state index in [1.165, 1.54) is 6.07 Å². The Morgan fingerprint density at radius 1 is 1.44 bits per heavy atom. The maximum Gasteiger partial charge on any atom is 0.306 e. The third-order valence-corrected chi connectivity index (χ3v) is 4.54. The summed E-state index contributed by atoms with van der Waals surface area (Å²) in [4.78, 5) is 15.5. The molecule has 0 amide bonds. The number of nitrogens with zero attached hydrogens (tertiary/aromatic N) is 1. The van der Waals surface area contributed by atoms with Crippen LogP contribution in [-0.4, -0.2) is 16.8 Å². The van der Waals surface area contributed by atoms with Crippen molar-refractivity contribution in [2.75, 3.05) is 0 Å². The van der Waals surface area contributed by atoms with Crippen LogP contribution in [0.1, 0.15) is 30.7 Å². The van der Waals surface area contributed by atoms with E-state index in [9.17, 15) is 9.18 Å². The van der Waals surface area contributed by atoms with Gasteiger partial charge >= 0.3 is 5.97 Å². The van der Waals surface area contributed by atoms with Crippen LogP contribution in [0.15, 0.2) is 21.6 Å². The second kappa shape index (κ2) is 4.16. The quantitative estimate of drug-likeness (QED) is 0.860. The molecule has 94 valence electrons. The summed E-state index contributed by atoms with van der Waals surface area (Å²) in [5.74, 6) is -1.32. The second-order valence-corrected chi connectivity index (χ2v) is 5.56. The van der Waals surface area contributed by atoms with Crippen LogP contribution < -0.4 is 0 Å². The third-order valence-electron chi connectivity index (χ3n) is 3.73. The van der Waals surface area contributed by atoms with Crippen LogP contribution >= 0.6 is 15.9 Å². The number of fused-ring (bicyclic) bond motifs is 3. The zero-order valence-corrected chi connectivity index (χ0v) is 11.1. The summed E-state index contributed by atoms with van der Waals surface area (Å²) in [6.45, 7) is 0. The standard InChI is InChI=1S/C13H11BrFNO2/c14-12-8(15)3-4-9-11(12)7-2-1-6(13(17)18)5-10(7)16-9/h3-4,6-7H,1-2,5H2,(H,17,18). The van der Waals surface area contributed by atoms with Gasteiger partial charge in [-0.3, -0.25) is 9.79 Å². The average Bonchev–Trinajstić information content (AvgIpc) is 2.71. The van der Waals surface area contributed by atoms with Gasteiger partial charge < -0.3 is 5.11 Å². The van der Waals surface area contributed by atoms with Gasteiger partial charge in [0.2, 0.25) is 0 Å². The van der Waals surface area contributed by atoms with Gasteiger partial charge in [-0.05, 0) is 47.3 Å². The molecule has 2 aliphatic rings. The lowest BCUT2D eigenvalue weighted by Crippen LogP contribution is -2.26. The fourth-order valence-electron chi connectivity index (χ4n) is 2.82. The Labute approximate surface area is 112 Å². The molecule has 0 radical (unpaired) electrons. The predicted molar refractivity (Wildman–Crippen MR) is 68.9 cm³/mol. The van der Waals surface area contributed by atoms with Crippen LogP contribution in [0, 0.1) is 11.7 Å². The van der Waals surface area contributed by atoms with Crippen molar-refractivity contribution in [2.45, 2.75) is 25.2 Å². The third kappa shape index (κ3) is 1.68. The highest BCUT2D eigenvalue weighted by molar-refractivity contribution is 9.10. The topological polar surface area (TPSA) is 49.7 Å². The Hall–Kier alpha value is -1.23. The first kappa shape index (κ1) is 11.8. The van der Waals surface area contributed by atoms with Gasteiger partial charge in [-0.2, -0.15) is 0 Å². The summed E-state index contributed by atoms with van der Waals surface area (Å²) in [6, 6.07) is 3.05. The van der Waals surface area contributed by atoms with Gasteiger partial charge in [0, 0.05) is 17.2 Å². The molecular formula is C13H11BrFNO2. The van der Waals surface area contributed by atoms with Gasteiger partial charge in [0.25, 0.3) is 0 Å². The first-order chi connectivity index (χ1) is 8.58. The van der Waals surface area contributed by atoms with Gasteiger partial charge in [0.1, 0.15) is 5.82 Å². The summed E-state index contributed by atoms with van der Waals surface area (Å²) >= 11 is 3.27. The van der Waals surface area contributed by atoms with E-state index in [1.54, 1.807) is 6.07 Å². The maximum absolute atomic E-state index is 13.5. The van der Waals surface area contributed by atoms with Crippen LogP contribution in [0.3, 0.4) is 0 Å². The summed E-state index contributed by atoms with van der Waals surface area (Å²) in [5.41, 5.74) is 2.54. The van der Waals surface area contributed by atoms with Crippen molar-refractivity contribution in [3.05, 3.63) is 28.0 Å². The molecule has 3 nitrogen and oxygen atoms in total. The summed E-state index contributed by atoms with van der Waals surface area (Å²) in [5, 5.41) is 9.05. The molecule has 1 aromatic carbocycles. The number of aliphatic imine (C=N–C) groups is 1. The van der Waals surface area contributed by atoms with Gasteiger partial charge in [-0.15, -0.1) is 0 Å². The van der Waals surface area contributed by atoms with Crippen molar-refractivity contribution >= 4 is 33.3 Å². The number of aliphatic carboxylic acids is 1. The number of rotatable bonds is 1. The van der Waals surface area contributed by atoms with Crippen LogP contribution in [0.4, 0.5) is 10.1 Å². The molecule has 0 saturated heterocycles. The first-order valence-corrected chi connectivity index (χ1v) is 6.65. The van der Waals surface area contributed by atoms with E-state index in [4.69, 9.17) is 5.11 Å². The minimum atomic E-state index is -0.766. The zero-order chi connectivity index (χ0) is 12.9. The molecule has 1 saturated carbocycles. The number of hydrogen-bond acceptors (Lipinski definition) is 2. The van der Waals surface area contributed by atoms with Crippen LogP contribution in [-0.2, 0) is 4.79 Å². The van der Waals surface area contributed by atoms with Crippen molar-refractivity contribution in [1.82, 2.24) is 0 Å². The molecular weight excluding hydrogens is 301 g/mol. The number of benzene rings is 1. The number of halogens is 2. The van der Waals surface area contributed by atoms with Crippen molar-refractivity contribution in [3.8, 4) is 0 Å². The highest BCUT2D eigenvalue weighted by Gasteiger charge is 2.37. The summed E-state index contributed by atoms with van der Waals surface area (Å²) < 4.78 is 14.0. The molecule has 1 aliphatic heterocycles. The Morgan fingerprint density at radius 2 is 2.22 bits per heavy atom. The highest BCUT2D eigenvalue weighted by atomic mass is 79.9. The molecule has 2 unspecified atom stereocenters. The molecule has 0 aromatic heterocycles.